The van der Waals surface area contributed by atoms with Gasteiger partial charge in [0.15, 0.2) is 0 Å². The molecule has 0 rings (SSSR count). The molecular formula is C8H17NO2. The summed E-state index contributed by atoms with van der Waals surface area (Å²) < 4.78 is 0. The van der Waals surface area contributed by atoms with Gasteiger partial charge in [0, 0.05) is 13.2 Å². The first kappa shape index (κ1) is 10.4. The van der Waals surface area contributed by atoms with Crippen LogP contribution < -0.4 is 5.32 Å². The second-order valence-electron chi connectivity index (χ2n) is 3.49. The Hall–Kier alpha value is -0.570. The van der Waals surface area contributed by atoms with Gasteiger partial charge in [0.2, 0.25) is 6.41 Å². The second kappa shape index (κ2) is 5.13. The smallest absolute Gasteiger partial charge is 0.207 e. The Morgan fingerprint density at radius 3 is 2.64 bits per heavy atom. The third kappa shape index (κ3) is 5.85. The summed E-state index contributed by atoms with van der Waals surface area (Å²) >= 11 is 0. The van der Waals surface area contributed by atoms with E-state index in [-0.39, 0.29) is 12.0 Å². The standard InChI is InChI=1S/C8H17NO2/c1-8(2,4-3-5-10)6-9-7-11/h7,10H,3-6H2,1-2H3,(H,9,11). The van der Waals surface area contributed by atoms with Gasteiger partial charge in [0.1, 0.15) is 0 Å². The number of carbonyl (C=O) groups is 1. The van der Waals surface area contributed by atoms with Gasteiger partial charge < -0.3 is 10.4 Å². The Morgan fingerprint density at radius 2 is 2.18 bits per heavy atom. The lowest BCUT2D eigenvalue weighted by molar-refractivity contribution is -0.109. The predicted octanol–water partition coefficient (Wildman–Crippen LogP) is 0.531. The molecule has 0 atom stereocenters. The Balaban J connectivity index is 3.51. The van der Waals surface area contributed by atoms with Crippen LogP contribution in [0.1, 0.15) is 26.7 Å². The van der Waals surface area contributed by atoms with E-state index in [1.165, 1.54) is 0 Å². The van der Waals surface area contributed by atoms with Crippen LogP contribution in [-0.2, 0) is 4.79 Å². The van der Waals surface area contributed by atoms with Crippen molar-refractivity contribution in [3.8, 4) is 0 Å². The number of aliphatic hydroxyl groups excluding tert-OH is 1. The number of rotatable bonds is 6. The molecule has 0 unspecified atom stereocenters. The van der Waals surface area contributed by atoms with Crippen molar-refractivity contribution in [1.29, 1.82) is 0 Å². The van der Waals surface area contributed by atoms with Crippen molar-refractivity contribution in [2.24, 2.45) is 5.41 Å². The Labute approximate surface area is 67.8 Å². The molecule has 0 saturated carbocycles. The van der Waals surface area contributed by atoms with E-state index in [0.717, 1.165) is 12.8 Å². The van der Waals surface area contributed by atoms with Crippen molar-refractivity contribution in [3.05, 3.63) is 0 Å². The predicted molar refractivity (Wildman–Crippen MR) is 44.2 cm³/mol. The van der Waals surface area contributed by atoms with E-state index in [2.05, 4.69) is 19.2 Å². The largest absolute Gasteiger partial charge is 0.396 e. The van der Waals surface area contributed by atoms with Crippen LogP contribution in [0.5, 0.6) is 0 Å². The summed E-state index contributed by atoms with van der Waals surface area (Å²) in [4.78, 5) is 9.96. The maximum absolute atomic E-state index is 9.96. The van der Waals surface area contributed by atoms with Crippen molar-refractivity contribution < 1.29 is 9.90 Å². The number of carbonyl (C=O) groups excluding carboxylic acids is 1. The summed E-state index contributed by atoms with van der Waals surface area (Å²) in [5, 5.41) is 11.2. The lowest BCUT2D eigenvalue weighted by atomic mass is 9.88. The number of aliphatic hydroxyl groups is 1. The normalized spacial score (nSPS) is 11.2. The molecule has 11 heavy (non-hydrogen) atoms. The Bertz CT molecular complexity index is 113. The minimum atomic E-state index is 0.101. The van der Waals surface area contributed by atoms with E-state index < -0.39 is 0 Å². The van der Waals surface area contributed by atoms with Gasteiger partial charge >= 0.3 is 0 Å². The quantitative estimate of drug-likeness (QED) is 0.555. The molecule has 0 aromatic carbocycles. The summed E-state index contributed by atoms with van der Waals surface area (Å²) in [6, 6.07) is 0. The van der Waals surface area contributed by atoms with Crippen molar-refractivity contribution in [2.75, 3.05) is 13.2 Å². The van der Waals surface area contributed by atoms with Crippen LogP contribution in [0.2, 0.25) is 0 Å². The summed E-state index contributed by atoms with van der Waals surface area (Å²) in [5.74, 6) is 0. The molecule has 0 radical (unpaired) electrons. The van der Waals surface area contributed by atoms with Crippen LogP contribution in [0.4, 0.5) is 0 Å². The van der Waals surface area contributed by atoms with Gasteiger partial charge in [0.25, 0.3) is 0 Å². The van der Waals surface area contributed by atoms with Crippen molar-refractivity contribution in [3.63, 3.8) is 0 Å². The molecule has 0 aliphatic rings. The monoisotopic (exact) mass is 159 g/mol. The first-order valence-corrected chi connectivity index (χ1v) is 3.90. The maximum atomic E-state index is 9.96. The molecule has 66 valence electrons. The molecule has 3 heteroatoms. The third-order valence-electron chi connectivity index (χ3n) is 1.68. The van der Waals surface area contributed by atoms with E-state index in [1.54, 1.807) is 0 Å². The molecule has 0 aromatic rings. The van der Waals surface area contributed by atoms with Crippen LogP contribution in [0, 0.1) is 5.41 Å². The minimum absolute atomic E-state index is 0.101. The highest BCUT2D eigenvalue weighted by Crippen LogP contribution is 2.20. The Kier molecular flexibility index (Phi) is 4.86. The van der Waals surface area contributed by atoms with Crippen LogP contribution in [0.3, 0.4) is 0 Å². The summed E-state index contributed by atoms with van der Waals surface area (Å²) in [6.45, 7) is 5.04. The van der Waals surface area contributed by atoms with Gasteiger partial charge in [-0.1, -0.05) is 13.8 Å². The molecule has 0 saturated heterocycles. The summed E-state index contributed by atoms with van der Waals surface area (Å²) in [7, 11) is 0. The first-order chi connectivity index (χ1) is 5.12. The van der Waals surface area contributed by atoms with Crippen LogP contribution in [0.25, 0.3) is 0 Å². The highest BCUT2D eigenvalue weighted by molar-refractivity contribution is 5.45. The highest BCUT2D eigenvalue weighted by atomic mass is 16.2. The van der Waals surface area contributed by atoms with Gasteiger partial charge in [-0.05, 0) is 18.3 Å². The van der Waals surface area contributed by atoms with E-state index in [9.17, 15) is 4.79 Å². The average Bonchev–Trinajstić information content (AvgIpc) is 1.97. The fraction of sp³-hybridized carbons (Fsp3) is 0.875. The lowest BCUT2D eigenvalue weighted by Gasteiger charge is -2.23. The highest BCUT2D eigenvalue weighted by Gasteiger charge is 2.15. The van der Waals surface area contributed by atoms with E-state index in [1.807, 2.05) is 0 Å². The average molecular weight is 159 g/mol. The number of amides is 1. The topological polar surface area (TPSA) is 49.3 Å². The molecule has 0 heterocycles. The molecule has 1 amide bonds. The summed E-state index contributed by atoms with van der Waals surface area (Å²) in [5.41, 5.74) is 0.101. The van der Waals surface area contributed by atoms with E-state index >= 15 is 0 Å². The van der Waals surface area contributed by atoms with Gasteiger partial charge in [-0.3, -0.25) is 4.79 Å². The molecular weight excluding hydrogens is 142 g/mol. The van der Waals surface area contributed by atoms with E-state index in [0.29, 0.717) is 13.0 Å². The molecule has 0 aliphatic carbocycles. The molecule has 0 aliphatic heterocycles. The van der Waals surface area contributed by atoms with Gasteiger partial charge in [-0.15, -0.1) is 0 Å². The number of hydrogen-bond acceptors (Lipinski definition) is 2. The fourth-order valence-electron chi connectivity index (χ4n) is 0.964. The Morgan fingerprint density at radius 1 is 1.55 bits per heavy atom. The maximum Gasteiger partial charge on any atom is 0.207 e. The van der Waals surface area contributed by atoms with E-state index in [4.69, 9.17) is 5.11 Å². The van der Waals surface area contributed by atoms with Crippen molar-refractivity contribution in [2.45, 2.75) is 26.7 Å². The lowest BCUT2D eigenvalue weighted by Crippen LogP contribution is -2.28. The molecule has 3 nitrogen and oxygen atoms in total. The molecule has 0 fully saturated rings. The molecule has 2 N–H and O–H groups in total. The van der Waals surface area contributed by atoms with Gasteiger partial charge in [-0.25, -0.2) is 0 Å². The SMILES string of the molecule is CC(C)(CCCO)CNC=O. The summed E-state index contributed by atoms with van der Waals surface area (Å²) in [6.07, 6.45) is 2.44. The van der Waals surface area contributed by atoms with Crippen molar-refractivity contribution in [1.82, 2.24) is 5.32 Å². The zero-order chi connectivity index (χ0) is 8.74. The zero-order valence-corrected chi connectivity index (χ0v) is 7.26. The van der Waals surface area contributed by atoms with Crippen LogP contribution in [-0.4, -0.2) is 24.7 Å². The molecule has 0 aromatic heterocycles. The second-order valence-corrected chi connectivity index (χ2v) is 3.49. The van der Waals surface area contributed by atoms with Crippen LogP contribution in [0.15, 0.2) is 0 Å². The fourth-order valence-corrected chi connectivity index (χ4v) is 0.964. The van der Waals surface area contributed by atoms with Crippen molar-refractivity contribution >= 4 is 6.41 Å². The minimum Gasteiger partial charge on any atom is -0.396 e. The third-order valence-corrected chi connectivity index (χ3v) is 1.68. The zero-order valence-electron chi connectivity index (χ0n) is 7.26. The number of hydrogen-bond donors (Lipinski definition) is 2. The van der Waals surface area contributed by atoms with Gasteiger partial charge in [0.05, 0.1) is 0 Å². The number of nitrogens with one attached hydrogen (secondary N) is 1. The van der Waals surface area contributed by atoms with Crippen LogP contribution >= 0.6 is 0 Å². The first-order valence-electron chi connectivity index (χ1n) is 3.90. The molecule has 0 bridgehead atoms. The van der Waals surface area contributed by atoms with Gasteiger partial charge in [-0.2, -0.15) is 0 Å². The molecule has 0 spiro atoms.